The van der Waals surface area contributed by atoms with Crippen LogP contribution in [0.4, 0.5) is 5.95 Å². The summed E-state index contributed by atoms with van der Waals surface area (Å²) in [6.07, 6.45) is 9.44. The minimum Gasteiger partial charge on any atom is -0.368 e. The molecule has 0 radical (unpaired) electrons. The second-order valence-corrected chi connectivity index (χ2v) is 4.61. The molecule has 82 valence electrons. The molecule has 1 saturated carbocycles. The molecule has 0 unspecified atom stereocenters. The van der Waals surface area contributed by atoms with Crippen molar-refractivity contribution in [3.8, 4) is 0 Å². The summed E-state index contributed by atoms with van der Waals surface area (Å²) >= 11 is 6.02. The van der Waals surface area contributed by atoms with Gasteiger partial charge in [-0.2, -0.15) is 0 Å². The van der Waals surface area contributed by atoms with Crippen molar-refractivity contribution in [2.24, 2.45) is 5.92 Å². The monoisotopic (exact) mass is 225 g/mol. The predicted octanol–water partition coefficient (Wildman–Crippen LogP) is 2.84. The highest BCUT2D eigenvalue weighted by Crippen LogP contribution is 2.28. The number of nitrogens with zero attached hydrogens (tertiary/aromatic N) is 2. The Morgan fingerprint density at radius 2 is 2.07 bits per heavy atom. The van der Waals surface area contributed by atoms with E-state index in [2.05, 4.69) is 9.97 Å². The number of halogens is 1. The van der Waals surface area contributed by atoms with Crippen LogP contribution in [0.3, 0.4) is 0 Å². The highest BCUT2D eigenvalue weighted by atomic mass is 35.5. The Hall–Kier alpha value is -0.830. The van der Waals surface area contributed by atoms with Crippen LogP contribution in [0.1, 0.15) is 37.7 Å². The largest absolute Gasteiger partial charge is 0.368 e. The smallest absolute Gasteiger partial charge is 0.221 e. The van der Waals surface area contributed by atoms with Crippen LogP contribution in [0.15, 0.2) is 6.20 Å². The Balaban J connectivity index is 2.03. The lowest BCUT2D eigenvalue weighted by Gasteiger charge is -2.21. The molecule has 2 N–H and O–H groups in total. The number of rotatable bonds is 2. The number of hydrogen-bond donors (Lipinski definition) is 1. The summed E-state index contributed by atoms with van der Waals surface area (Å²) in [5.74, 6) is 1.01. The number of nitrogens with two attached hydrogens (primary N) is 1. The highest BCUT2D eigenvalue weighted by molar-refractivity contribution is 6.30. The molecule has 1 aromatic heterocycles. The van der Waals surface area contributed by atoms with Gasteiger partial charge in [-0.1, -0.05) is 43.7 Å². The predicted molar refractivity (Wildman–Crippen MR) is 61.7 cm³/mol. The molecule has 1 aliphatic carbocycles. The van der Waals surface area contributed by atoms with E-state index in [0.717, 1.165) is 17.9 Å². The van der Waals surface area contributed by atoms with E-state index < -0.39 is 0 Å². The van der Waals surface area contributed by atoms with Gasteiger partial charge in [0, 0.05) is 11.8 Å². The molecular weight excluding hydrogens is 210 g/mol. The van der Waals surface area contributed by atoms with Gasteiger partial charge >= 0.3 is 0 Å². The van der Waals surface area contributed by atoms with Crippen LogP contribution in [0, 0.1) is 5.92 Å². The first kappa shape index (κ1) is 10.7. The summed E-state index contributed by atoms with van der Waals surface area (Å²) in [5.41, 5.74) is 6.49. The Labute approximate surface area is 95.1 Å². The van der Waals surface area contributed by atoms with E-state index in [1.807, 2.05) is 0 Å². The first-order valence-corrected chi connectivity index (χ1v) is 5.90. The third-order valence-corrected chi connectivity index (χ3v) is 3.39. The van der Waals surface area contributed by atoms with Crippen molar-refractivity contribution in [1.29, 1.82) is 0 Å². The van der Waals surface area contributed by atoms with E-state index >= 15 is 0 Å². The van der Waals surface area contributed by atoms with Crippen LogP contribution in [0.5, 0.6) is 0 Å². The summed E-state index contributed by atoms with van der Waals surface area (Å²) in [5, 5.41) is 0.521. The lowest BCUT2D eigenvalue weighted by molar-refractivity contribution is 0.356. The van der Waals surface area contributed by atoms with Crippen molar-refractivity contribution in [2.45, 2.75) is 38.5 Å². The minimum absolute atomic E-state index is 0.257. The normalized spacial score (nSPS) is 17.9. The summed E-state index contributed by atoms with van der Waals surface area (Å²) in [4.78, 5) is 7.96. The third kappa shape index (κ3) is 2.81. The summed E-state index contributed by atoms with van der Waals surface area (Å²) in [6, 6.07) is 0. The lowest BCUT2D eigenvalue weighted by Crippen LogP contribution is -2.10. The fourth-order valence-electron chi connectivity index (χ4n) is 2.24. The van der Waals surface area contributed by atoms with Gasteiger partial charge in [0.25, 0.3) is 0 Å². The first-order valence-electron chi connectivity index (χ1n) is 5.52. The molecule has 2 rings (SSSR count). The van der Waals surface area contributed by atoms with Gasteiger partial charge in [-0.05, 0) is 12.3 Å². The summed E-state index contributed by atoms with van der Waals surface area (Å²) < 4.78 is 0. The van der Waals surface area contributed by atoms with Crippen LogP contribution in [0.2, 0.25) is 5.15 Å². The number of hydrogen-bond acceptors (Lipinski definition) is 3. The van der Waals surface area contributed by atoms with Crippen LogP contribution in [-0.2, 0) is 6.42 Å². The van der Waals surface area contributed by atoms with Crippen LogP contribution < -0.4 is 5.73 Å². The van der Waals surface area contributed by atoms with Gasteiger partial charge in [-0.15, -0.1) is 0 Å². The quantitative estimate of drug-likeness (QED) is 0.788. The highest BCUT2D eigenvalue weighted by Gasteiger charge is 2.16. The molecule has 3 nitrogen and oxygen atoms in total. The molecule has 1 aromatic rings. The van der Waals surface area contributed by atoms with E-state index in [1.54, 1.807) is 6.20 Å². The van der Waals surface area contributed by atoms with E-state index in [4.69, 9.17) is 17.3 Å². The average Bonchev–Trinajstić information content (AvgIpc) is 2.24. The van der Waals surface area contributed by atoms with Crippen molar-refractivity contribution < 1.29 is 0 Å². The van der Waals surface area contributed by atoms with Crippen LogP contribution >= 0.6 is 11.6 Å². The minimum atomic E-state index is 0.257. The second kappa shape index (κ2) is 4.79. The standard InChI is InChI=1S/C11H16ClN3/c12-10-9(7-14-11(13)15-10)6-8-4-2-1-3-5-8/h7-8H,1-6H2,(H2,13,14,15). The van der Waals surface area contributed by atoms with Gasteiger partial charge in [0.15, 0.2) is 0 Å². The van der Waals surface area contributed by atoms with Gasteiger partial charge in [-0.3, -0.25) is 0 Å². The maximum atomic E-state index is 6.02. The van der Waals surface area contributed by atoms with Gasteiger partial charge in [0.2, 0.25) is 5.95 Å². The number of nitrogen functional groups attached to an aromatic ring is 1. The Bertz CT molecular complexity index is 335. The number of anilines is 1. The molecule has 15 heavy (non-hydrogen) atoms. The molecule has 0 saturated heterocycles. The van der Waals surface area contributed by atoms with Crippen molar-refractivity contribution in [1.82, 2.24) is 9.97 Å². The zero-order chi connectivity index (χ0) is 10.7. The Morgan fingerprint density at radius 3 is 2.73 bits per heavy atom. The topological polar surface area (TPSA) is 51.8 Å². The summed E-state index contributed by atoms with van der Waals surface area (Å²) in [7, 11) is 0. The molecule has 0 amide bonds. The van der Waals surface area contributed by atoms with Crippen LogP contribution in [0.25, 0.3) is 0 Å². The van der Waals surface area contributed by atoms with Crippen molar-refractivity contribution in [3.63, 3.8) is 0 Å². The Morgan fingerprint density at radius 1 is 1.33 bits per heavy atom. The molecule has 0 atom stereocenters. The molecule has 4 heteroatoms. The third-order valence-electron chi connectivity index (χ3n) is 3.06. The van der Waals surface area contributed by atoms with E-state index in [9.17, 15) is 0 Å². The van der Waals surface area contributed by atoms with Gasteiger partial charge in [0.1, 0.15) is 5.15 Å². The zero-order valence-corrected chi connectivity index (χ0v) is 9.50. The zero-order valence-electron chi connectivity index (χ0n) is 8.75. The van der Waals surface area contributed by atoms with Crippen molar-refractivity contribution >= 4 is 17.5 Å². The molecule has 1 heterocycles. The van der Waals surface area contributed by atoms with Gasteiger partial charge in [-0.25, -0.2) is 9.97 Å². The van der Waals surface area contributed by atoms with E-state index in [-0.39, 0.29) is 5.95 Å². The van der Waals surface area contributed by atoms with Gasteiger partial charge in [0.05, 0.1) is 0 Å². The summed E-state index contributed by atoms with van der Waals surface area (Å²) in [6.45, 7) is 0. The molecule has 0 spiro atoms. The fraction of sp³-hybridized carbons (Fsp3) is 0.636. The van der Waals surface area contributed by atoms with E-state index in [0.29, 0.717) is 5.15 Å². The SMILES string of the molecule is Nc1ncc(CC2CCCCC2)c(Cl)n1. The first-order chi connectivity index (χ1) is 7.25. The van der Waals surface area contributed by atoms with Crippen LogP contribution in [-0.4, -0.2) is 9.97 Å². The van der Waals surface area contributed by atoms with Crippen molar-refractivity contribution in [2.75, 3.05) is 5.73 Å². The Kier molecular flexibility index (Phi) is 3.41. The maximum absolute atomic E-state index is 6.02. The molecule has 1 fully saturated rings. The maximum Gasteiger partial charge on any atom is 0.221 e. The number of aromatic nitrogens is 2. The molecule has 0 aliphatic heterocycles. The van der Waals surface area contributed by atoms with E-state index in [1.165, 1.54) is 32.1 Å². The second-order valence-electron chi connectivity index (χ2n) is 4.25. The molecule has 1 aliphatic rings. The van der Waals surface area contributed by atoms with Crippen molar-refractivity contribution in [3.05, 3.63) is 16.9 Å². The molecule has 0 bridgehead atoms. The molecule has 0 aromatic carbocycles. The average molecular weight is 226 g/mol. The fourth-order valence-corrected chi connectivity index (χ4v) is 2.45. The lowest BCUT2D eigenvalue weighted by atomic mass is 9.85. The van der Waals surface area contributed by atoms with Gasteiger partial charge < -0.3 is 5.73 Å². The molecular formula is C11H16ClN3.